The molecule has 156 valence electrons. The molecular weight excluding hydrogens is 477 g/mol. The van der Waals surface area contributed by atoms with Gasteiger partial charge in [-0.25, -0.2) is 8.78 Å². The van der Waals surface area contributed by atoms with Crippen molar-refractivity contribution in [2.24, 2.45) is 4.99 Å². The molecule has 1 unspecified atom stereocenters. The van der Waals surface area contributed by atoms with Gasteiger partial charge in [-0.05, 0) is 38.3 Å². The Labute approximate surface area is 182 Å². The monoisotopic (exact) mass is 506 g/mol. The Morgan fingerprint density at radius 2 is 2.11 bits per heavy atom. The van der Waals surface area contributed by atoms with E-state index in [0.29, 0.717) is 26.2 Å². The van der Waals surface area contributed by atoms with E-state index in [1.807, 2.05) is 6.92 Å². The fraction of sp³-hybridized carbons (Fsp3) is 0.550. The highest BCUT2D eigenvalue weighted by molar-refractivity contribution is 14.0. The Morgan fingerprint density at radius 3 is 2.79 bits per heavy atom. The molecule has 2 aliphatic rings. The van der Waals surface area contributed by atoms with Crippen LogP contribution in [0.4, 0.5) is 14.5 Å². The molecule has 1 fully saturated rings. The summed E-state index contributed by atoms with van der Waals surface area (Å²) in [6.07, 6.45) is 4.85. The second-order valence-corrected chi connectivity index (χ2v) is 6.84. The van der Waals surface area contributed by atoms with Crippen molar-refractivity contribution in [1.29, 1.82) is 0 Å². The molecule has 5 nitrogen and oxygen atoms in total. The van der Waals surface area contributed by atoms with Gasteiger partial charge in [0.1, 0.15) is 17.3 Å². The molecular formula is C20H29F2IN4O. The van der Waals surface area contributed by atoms with Crippen LogP contribution in [0.3, 0.4) is 0 Å². The molecule has 8 heteroatoms. The van der Waals surface area contributed by atoms with E-state index in [0.717, 1.165) is 38.4 Å². The highest BCUT2D eigenvalue weighted by Crippen LogP contribution is 2.26. The number of para-hydroxylation sites is 1. The molecule has 0 aliphatic carbocycles. The van der Waals surface area contributed by atoms with Crippen molar-refractivity contribution >= 4 is 35.6 Å². The summed E-state index contributed by atoms with van der Waals surface area (Å²) in [5.74, 6) is -0.270. The lowest BCUT2D eigenvalue weighted by Gasteiger charge is -2.21. The smallest absolute Gasteiger partial charge is 0.191 e. The third kappa shape index (κ3) is 6.30. The first kappa shape index (κ1) is 22.9. The summed E-state index contributed by atoms with van der Waals surface area (Å²) >= 11 is 0. The molecule has 0 spiro atoms. The van der Waals surface area contributed by atoms with E-state index in [4.69, 9.17) is 4.74 Å². The van der Waals surface area contributed by atoms with E-state index in [9.17, 15) is 8.78 Å². The Kier molecular flexibility index (Phi) is 9.43. The number of anilines is 1. The molecule has 2 heterocycles. The summed E-state index contributed by atoms with van der Waals surface area (Å²) in [4.78, 5) is 6.41. The van der Waals surface area contributed by atoms with E-state index in [1.165, 1.54) is 23.8 Å². The van der Waals surface area contributed by atoms with E-state index in [-0.39, 0.29) is 35.7 Å². The van der Waals surface area contributed by atoms with Crippen LogP contribution in [0.15, 0.2) is 34.8 Å². The largest absolute Gasteiger partial charge is 0.377 e. The zero-order valence-corrected chi connectivity index (χ0v) is 18.5. The van der Waals surface area contributed by atoms with Crippen molar-refractivity contribution < 1.29 is 13.5 Å². The number of nitrogens with one attached hydrogen (secondary N) is 2. The van der Waals surface area contributed by atoms with Gasteiger partial charge in [0.15, 0.2) is 5.96 Å². The molecule has 0 aromatic heterocycles. The first-order chi connectivity index (χ1) is 13.2. The number of guanidine groups is 1. The Hall–Kier alpha value is -1.42. The molecule has 1 atom stereocenters. The summed E-state index contributed by atoms with van der Waals surface area (Å²) < 4.78 is 33.3. The minimum Gasteiger partial charge on any atom is -0.377 e. The van der Waals surface area contributed by atoms with Crippen LogP contribution in [0.5, 0.6) is 0 Å². The second kappa shape index (κ2) is 11.5. The van der Waals surface area contributed by atoms with Gasteiger partial charge in [0, 0.05) is 32.2 Å². The maximum absolute atomic E-state index is 14.0. The Morgan fingerprint density at radius 1 is 1.32 bits per heavy atom. The quantitative estimate of drug-likeness (QED) is 0.269. The van der Waals surface area contributed by atoms with Crippen molar-refractivity contribution in [2.45, 2.75) is 32.2 Å². The van der Waals surface area contributed by atoms with Gasteiger partial charge < -0.3 is 20.3 Å². The van der Waals surface area contributed by atoms with Crippen LogP contribution in [-0.4, -0.2) is 51.4 Å². The molecule has 0 radical (unpaired) electrons. The predicted octanol–water partition coefficient (Wildman–Crippen LogP) is 3.45. The molecule has 1 aromatic rings. The van der Waals surface area contributed by atoms with Gasteiger partial charge in [0.05, 0.1) is 13.2 Å². The Bertz CT molecular complexity index is 679. The molecule has 1 saturated heterocycles. The zero-order valence-electron chi connectivity index (χ0n) is 16.2. The summed E-state index contributed by atoms with van der Waals surface area (Å²) in [6, 6.07) is 4.10. The van der Waals surface area contributed by atoms with Crippen molar-refractivity contribution in [3.63, 3.8) is 0 Å². The maximum atomic E-state index is 14.0. The molecule has 2 aliphatic heterocycles. The van der Waals surface area contributed by atoms with Gasteiger partial charge in [-0.1, -0.05) is 17.7 Å². The standard InChI is InChI=1S/C20H28F2N4O.HI/c1-2-23-20(24-10-6-15-8-12-27-13-9-15)25-16-7-11-26(14-16)19-17(21)4-3-5-18(19)22;/h3-5,8,16H,2,6-7,9-14H2,1H3,(H2,23,24,25);1H. The van der Waals surface area contributed by atoms with E-state index < -0.39 is 11.6 Å². The molecule has 0 amide bonds. The zero-order chi connectivity index (χ0) is 19.1. The van der Waals surface area contributed by atoms with Gasteiger partial charge in [0.25, 0.3) is 0 Å². The van der Waals surface area contributed by atoms with Gasteiger partial charge in [-0.2, -0.15) is 0 Å². The Balaban J connectivity index is 0.00000280. The number of hydrogen-bond donors (Lipinski definition) is 2. The number of benzene rings is 1. The lowest BCUT2D eigenvalue weighted by molar-refractivity contribution is 0.153. The fourth-order valence-corrected chi connectivity index (χ4v) is 3.49. The first-order valence-corrected chi connectivity index (χ1v) is 9.67. The van der Waals surface area contributed by atoms with Crippen LogP contribution in [-0.2, 0) is 4.74 Å². The summed E-state index contributed by atoms with van der Waals surface area (Å²) in [5.41, 5.74) is 1.46. The number of ether oxygens (including phenoxy) is 1. The van der Waals surface area contributed by atoms with Gasteiger partial charge >= 0.3 is 0 Å². The number of hydrogen-bond acceptors (Lipinski definition) is 3. The van der Waals surface area contributed by atoms with Crippen LogP contribution < -0.4 is 15.5 Å². The highest BCUT2D eigenvalue weighted by Gasteiger charge is 2.27. The van der Waals surface area contributed by atoms with Crippen molar-refractivity contribution in [3.05, 3.63) is 41.5 Å². The number of nitrogens with zero attached hydrogens (tertiary/aromatic N) is 2. The van der Waals surface area contributed by atoms with E-state index in [1.54, 1.807) is 4.90 Å². The predicted molar refractivity (Wildman–Crippen MR) is 120 cm³/mol. The van der Waals surface area contributed by atoms with Crippen molar-refractivity contribution in [2.75, 3.05) is 44.3 Å². The van der Waals surface area contributed by atoms with Crippen molar-refractivity contribution in [1.82, 2.24) is 10.6 Å². The summed E-state index contributed by atoms with van der Waals surface area (Å²) in [7, 11) is 0. The highest BCUT2D eigenvalue weighted by atomic mass is 127. The lowest BCUT2D eigenvalue weighted by Crippen LogP contribution is -2.44. The molecule has 3 rings (SSSR count). The van der Waals surface area contributed by atoms with Gasteiger partial charge in [0.2, 0.25) is 0 Å². The molecule has 2 N–H and O–H groups in total. The van der Waals surface area contributed by atoms with Crippen molar-refractivity contribution in [3.8, 4) is 0 Å². The number of rotatable bonds is 6. The average Bonchev–Trinajstić information content (AvgIpc) is 3.10. The fourth-order valence-electron chi connectivity index (χ4n) is 3.49. The van der Waals surface area contributed by atoms with Crippen LogP contribution in [0.1, 0.15) is 26.2 Å². The number of halogens is 3. The van der Waals surface area contributed by atoms with E-state index in [2.05, 4.69) is 21.7 Å². The van der Waals surface area contributed by atoms with Crippen LogP contribution in [0.2, 0.25) is 0 Å². The van der Waals surface area contributed by atoms with E-state index >= 15 is 0 Å². The normalized spacial score (nSPS) is 19.8. The van der Waals surface area contributed by atoms with Crippen LogP contribution in [0, 0.1) is 11.6 Å². The third-order valence-electron chi connectivity index (χ3n) is 4.89. The summed E-state index contributed by atoms with van der Waals surface area (Å²) in [5, 5.41) is 6.65. The van der Waals surface area contributed by atoms with Crippen LogP contribution >= 0.6 is 24.0 Å². The van der Waals surface area contributed by atoms with Crippen LogP contribution in [0.25, 0.3) is 0 Å². The minimum absolute atomic E-state index is 0. The van der Waals surface area contributed by atoms with Gasteiger partial charge in [-0.3, -0.25) is 4.99 Å². The van der Waals surface area contributed by atoms with Gasteiger partial charge in [-0.15, -0.1) is 24.0 Å². The first-order valence-electron chi connectivity index (χ1n) is 9.67. The molecule has 28 heavy (non-hydrogen) atoms. The third-order valence-corrected chi connectivity index (χ3v) is 4.89. The SMILES string of the molecule is CCNC(=NCCC1=CCOCC1)NC1CCN(c2c(F)cccc2F)C1.I. The molecule has 0 bridgehead atoms. The minimum atomic E-state index is -0.513. The second-order valence-electron chi connectivity index (χ2n) is 6.84. The number of aliphatic imine (C=N–C) groups is 1. The summed E-state index contributed by atoms with van der Waals surface area (Å²) in [6.45, 7) is 6.14. The molecule has 0 saturated carbocycles. The average molecular weight is 506 g/mol. The molecule has 1 aromatic carbocycles. The topological polar surface area (TPSA) is 48.9 Å². The lowest BCUT2D eigenvalue weighted by atomic mass is 10.1. The maximum Gasteiger partial charge on any atom is 0.191 e.